The van der Waals surface area contributed by atoms with Crippen LogP contribution in [0, 0.1) is 5.92 Å². The molecule has 0 aromatic rings. The number of amides is 1. The minimum Gasteiger partial charge on any atom is -0.477 e. The highest BCUT2D eigenvalue weighted by atomic mass is 32.2. The van der Waals surface area contributed by atoms with E-state index < -0.39 is 18.0 Å². The second-order valence-electron chi connectivity index (χ2n) is 5.16. The van der Waals surface area contributed by atoms with Crippen molar-refractivity contribution >= 4 is 35.4 Å². The maximum atomic E-state index is 12.0. The number of β-lactam (4-membered cyclic amide) rings is 1. The second kappa shape index (κ2) is 5.25. The van der Waals surface area contributed by atoms with Crippen LogP contribution in [0.15, 0.2) is 9.93 Å². The molecule has 0 unspecified atom stereocenters. The topological polar surface area (TPSA) is 89.9 Å². The normalized spacial score (nSPS) is 34.2. The molecule has 0 aromatic heterocycles. The average molecular weight is 316 g/mol. The van der Waals surface area contributed by atoms with Gasteiger partial charge in [-0.1, -0.05) is 11.8 Å². The van der Waals surface area contributed by atoms with Crippen LogP contribution in [0.5, 0.6) is 0 Å². The highest BCUT2D eigenvalue weighted by molar-refractivity contribution is 8.23. The lowest BCUT2D eigenvalue weighted by atomic mass is 9.92. The van der Waals surface area contributed by atoms with E-state index in [9.17, 15) is 19.8 Å². The van der Waals surface area contributed by atoms with Crippen molar-refractivity contribution in [2.45, 2.75) is 30.1 Å². The molecular weight excluding hydrogens is 300 g/mol. The van der Waals surface area contributed by atoms with E-state index in [2.05, 4.69) is 5.32 Å². The fourth-order valence-electron chi connectivity index (χ4n) is 2.71. The lowest BCUT2D eigenvalue weighted by Crippen LogP contribution is -2.60. The number of aliphatic carboxylic acids is 1. The van der Waals surface area contributed by atoms with Gasteiger partial charge in [0.1, 0.15) is 5.37 Å². The summed E-state index contributed by atoms with van der Waals surface area (Å²) in [5.41, 5.74) is 0.0961. The van der Waals surface area contributed by atoms with Crippen LogP contribution in [0.2, 0.25) is 0 Å². The number of thioether (sulfide) groups is 2. The van der Waals surface area contributed by atoms with Crippen molar-refractivity contribution in [3.8, 4) is 0 Å². The molecule has 3 rings (SSSR count). The predicted molar refractivity (Wildman–Crippen MR) is 76.9 cm³/mol. The van der Waals surface area contributed by atoms with Crippen LogP contribution >= 0.6 is 23.5 Å². The zero-order valence-corrected chi connectivity index (χ0v) is 12.5. The van der Waals surface area contributed by atoms with E-state index in [0.717, 1.165) is 19.5 Å². The Kier molecular flexibility index (Phi) is 3.74. The van der Waals surface area contributed by atoms with E-state index in [4.69, 9.17) is 0 Å². The molecule has 0 bridgehead atoms. The number of carboxylic acid groups (broad SMARTS) is 1. The summed E-state index contributed by atoms with van der Waals surface area (Å²) in [4.78, 5) is 24.8. The number of hydrogen-bond donors (Lipinski definition) is 3. The van der Waals surface area contributed by atoms with Gasteiger partial charge in [0.15, 0.2) is 5.70 Å². The number of nitrogens with zero attached hydrogens (tertiary/aromatic N) is 1. The first kappa shape index (κ1) is 14.2. The van der Waals surface area contributed by atoms with Gasteiger partial charge in [0.2, 0.25) is 5.91 Å². The molecule has 0 saturated carbocycles. The van der Waals surface area contributed by atoms with Crippen LogP contribution in [-0.4, -0.2) is 56.8 Å². The largest absolute Gasteiger partial charge is 0.477 e. The molecule has 2 fully saturated rings. The van der Waals surface area contributed by atoms with Gasteiger partial charge in [-0.3, -0.25) is 9.69 Å². The third-order valence-electron chi connectivity index (χ3n) is 3.76. The highest BCUT2D eigenvalue weighted by Gasteiger charge is 2.57. The Balaban J connectivity index is 1.81. The van der Waals surface area contributed by atoms with Crippen molar-refractivity contribution in [3.05, 3.63) is 9.93 Å². The number of rotatable bonds is 4. The van der Waals surface area contributed by atoms with E-state index in [1.165, 1.54) is 28.4 Å². The van der Waals surface area contributed by atoms with Crippen molar-refractivity contribution < 1.29 is 19.8 Å². The Labute approximate surface area is 125 Å². The number of carbonyl (C=O) groups excluding carboxylic acids is 1. The van der Waals surface area contributed by atoms with Crippen molar-refractivity contribution in [1.29, 1.82) is 0 Å². The van der Waals surface area contributed by atoms with E-state index in [0.29, 0.717) is 9.49 Å². The van der Waals surface area contributed by atoms with E-state index in [1.807, 2.05) is 0 Å². The average Bonchev–Trinajstić information content (AvgIpc) is 2.95. The van der Waals surface area contributed by atoms with Gasteiger partial charge < -0.3 is 15.5 Å². The Morgan fingerprint density at radius 3 is 2.90 bits per heavy atom. The summed E-state index contributed by atoms with van der Waals surface area (Å²) >= 11 is 2.94. The van der Waals surface area contributed by atoms with Crippen LogP contribution in [-0.2, 0) is 9.59 Å². The van der Waals surface area contributed by atoms with Crippen LogP contribution < -0.4 is 5.32 Å². The third-order valence-corrected chi connectivity index (χ3v) is 6.63. The summed E-state index contributed by atoms with van der Waals surface area (Å²) in [7, 11) is 0. The van der Waals surface area contributed by atoms with Gasteiger partial charge in [-0.2, -0.15) is 0 Å². The Hall–Kier alpha value is -0.700. The van der Waals surface area contributed by atoms with E-state index >= 15 is 0 Å². The van der Waals surface area contributed by atoms with Crippen molar-refractivity contribution in [2.75, 3.05) is 13.1 Å². The van der Waals surface area contributed by atoms with Gasteiger partial charge in [0, 0.05) is 11.8 Å². The number of fused-ring (bicyclic) bond motifs is 1. The standard InChI is InChI=1S/C12H16N2O4S2/c1-5(15)7-9(16)14-8(11(17)18)12(20-10(7)14)19-6-2-3-13-4-6/h5-7,10,13,15H,2-4H2,1H3,(H,17,18)/t5-,6-,7+,10-/m1/s1. The molecule has 3 aliphatic heterocycles. The maximum absolute atomic E-state index is 12.0. The monoisotopic (exact) mass is 316 g/mol. The molecule has 3 heterocycles. The molecule has 2 saturated heterocycles. The van der Waals surface area contributed by atoms with Gasteiger partial charge in [-0.05, 0) is 19.9 Å². The predicted octanol–water partition coefficient (Wildman–Crippen LogP) is 0.247. The molecule has 0 spiro atoms. The van der Waals surface area contributed by atoms with Crippen molar-refractivity contribution in [2.24, 2.45) is 5.92 Å². The molecule has 8 heteroatoms. The van der Waals surface area contributed by atoms with Crippen LogP contribution in [0.1, 0.15) is 13.3 Å². The second-order valence-corrected chi connectivity index (χ2v) is 7.85. The molecular formula is C12H16N2O4S2. The Morgan fingerprint density at radius 2 is 2.35 bits per heavy atom. The van der Waals surface area contributed by atoms with Gasteiger partial charge in [0.05, 0.1) is 16.3 Å². The fourth-order valence-corrected chi connectivity index (χ4v) is 6.00. The number of aliphatic hydroxyl groups excluding tert-OH is 1. The molecule has 3 N–H and O–H groups in total. The molecule has 20 heavy (non-hydrogen) atoms. The number of hydrogen-bond acceptors (Lipinski definition) is 6. The van der Waals surface area contributed by atoms with Crippen molar-refractivity contribution in [1.82, 2.24) is 10.2 Å². The summed E-state index contributed by atoms with van der Waals surface area (Å²) in [6.45, 7) is 3.38. The molecule has 0 aromatic carbocycles. The first-order chi connectivity index (χ1) is 9.50. The van der Waals surface area contributed by atoms with E-state index in [1.54, 1.807) is 6.92 Å². The molecule has 3 aliphatic rings. The number of nitrogens with one attached hydrogen (secondary N) is 1. The van der Waals surface area contributed by atoms with Gasteiger partial charge in [0.25, 0.3) is 0 Å². The fraction of sp³-hybridized carbons (Fsp3) is 0.667. The molecule has 1 amide bonds. The van der Waals surface area contributed by atoms with Crippen LogP contribution in [0.4, 0.5) is 0 Å². The quantitative estimate of drug-likeness (QED) is 0.640. The molecule has 110 valence electrons. The van der Waals surface area contributed by atoms with Gasteiger partial charge in [-0.15, -0.1) is 11.8 Å². The zero-order valence-electron chi connectivity index (χ0n) is 10.9. The lowest BCUT2D eigenvalue weighted by molar-refractivity contribution is -0.156. The SMILES string of the molecule is C[C@@H](O)[C@H]1C(=O)N2C(C(=O)O)=C(S[C@@H]3CCNC3)S[C@H]12. The first-order valence-electron chi connectivity index (χ1n) is 6.53. The minimum absolute atomic E-state index is 0.0961. The molecule has 0 radical (unpaired) electrons. The lowest BCUT2D eigenvalue weighted by Gasteiger charge is -2.43. The van der Waals surface area contributed by atoms with Crippen molar-refractivity contribution in [3.63, 3.8) is 0 Å². The molecule has 6 nitrogen and oxygen atoms in total. The summed E-state index contributed by atoms with van der Waals surface area (Å²) in [5, 5.41) is 22.3. The summed E-state index contributed by atoms with van der Waals surface area (Å²) < 4.78 is 0.702. The number of carboxylic acids is 1. The Bertz CT molecular complexity index is 488. The van der Waals surface area contributed by atoms with Crippen LogP contribution in [0.3, 0.4) is 0 Å². The van der Waals surface area contributed by atoms with Gasteiger partial charge >= 0.3 is 5.97 Å². The molecule has 0 aliphatic carbocycles. The molecule has 4 atom stereocenters. The highest BCUT2D eigenvalue weighted by Crippen LogP contribution is 2.54. The summed E-state index contributed by atoms with van der Waals surface area (Å²) in [6.07, 6.45) is 0.254. The van der Waals surface area contributed by atoms with Crippen LogP contribution in [0.25, 0.3) is 0 Å². The summed E-state index contributed by atoms with van der Waals surface area (Å²) in [6, 6.07) is 0. The number of aliphatic hydroxyl groups is 1. The maximum Gasteiger partial charge on any atom is 0.354 e. The number of carbonyl (C=O) groups is 2. The smallest absolute Gasteiger partial charge is 0.354 e. The van der Waals surface area contributed by atoms with Gasteiger partial charge in [-0.25, -0.2) is 4.79 Å². The minimum atomic E-state index is -1.06. The Morgan fingerprint density at radius 1 is 1.60 bits per heavy atom. The third kappa shape index (κ3) is 2.14. The summed E-state index contributed by atoms with van der Waals surface area (Å²) in [5.74, 6) is -1.84. The zero-order chi connectivity index (χ0) is 14.4. The first-order valence-corrected chi connectivity index (χ1v) is 8.29. The van der Waals surface area contributed by atoms with E-state index in [-0.39, 0.29) is 17.0 Å².